The molecule has 1 aliphatic rings. The summed E-state index contributed by atoms with van der Waals surface area (Å²) in [7, 11) is 0. The topological polar surface area (TPSA) is 80.0 Å². The first-order valence-corrected chi connectivity index (χ1v) is 8.43. The van der Waals surface area contributed by atoms with Crippen LogP contribution in [-0.4, -0.2) is 38.4 Å². The summed E-state index contributed by atoms with van der Waals surface area (Å²) in [6, 6.07) is 7.21. The summed E-state index contributed by atoms with van der Waals surface area (Å²) in [6.45, 7) is 3.82. The molecule has 1 amide bonds. The molecular weight excluding hydrogens is 328 g/mol. The van der Waals surface area contributed by atoms with Gasteiger partial charge >= 0.3 is 0 Å². The quantitative estimate of drug-likeness (QED) is 0.889. The Kier molecular flexibility index (Phi) is 4.60. The molecule has 1 aromatic carbocycles. The van der Waals surface area contributed by atoms with Crippen molar-refractivity contribution >= 4 is 17.5 Å². The van der Waals surface area contributed by atoms with Crippen molar-refractivity contribution in [3.05, 3.63) is 40.9 Å². The van der Waals surface area contributed by atoms with E-state index in [4.69, 9.17) is 11.6 Å². The second kappa shape index (κ2) is 6.53. The predicted octanol–water partition coefficient (Wildman–Crippen LogP) is 2.51. The molecule has 128 valence electrons. The monoisotopic (exact) mass is 348 g/mol. The lowest BCUT2D eigenvalue weighted by Crippen LogP contribution is -2.45. The number of amides is 1. The van der Waals surface area contributed by atoms with Crippen LogP contribution in [0.1, 0.15) is 42.6 Å². The first-order chi connectivity index (χ1) is 11.4. The minimum atomic E-state index is -0.324. The van der Waals surface area contributed by atoms with Crippen molar-refractivity contribution in [3.63, 3.8) is 0 Å². The van der Waals surface area contributed by atoms with Crippen molar-refractivity contribution in [1.82, 2.24) is 20.1 Å². The van der Waals surface area contributed by atoms with Gasteiger partial charge in [-0.15, -0.1) is 5.10 Å². The van der Waals surface area contributed by atoms with E-state index in [1.807, 2.05) is 25.1 Å². The highest BCUT2D eigenvalue weighted by molar-refractivity contribution is 6.32. The predicted molar refractivity (Wildman–Crippen MR) is 91.4 cm³/mol. The summed E-state index contributed by atoms with van der Waals surface area (Å²) in [5.74, 6) is 0.375. The maximum atomic E-state index is 12.5. The van der Waals surface area contributed by atoms with Gasteiger partial charge in [-0.1, -0.05) is 37.1 Å². The van der Waals surface area contributed by atoms with Gasteiger partial charge < -0.3 is 10.4 Å². The lowest BCUT2D eigenvalue weighted by Gasteiger charge is -2.29. The van der Waals surface area contributed by atoms with Crippen LogP contribution in [0.2, 0.25) is 5.02 Å². The number of carbonyl (C=O) groups excluding carboxylic acids is 1. The number of carbonyl (C=O) groups is 1. The Bertz CT molecular complexity index is 761. The molecule has 2 aromatic rings. The molecule has 1 heterocycles. The van der Waals surface area contributed by atoms with Crippen LogP contribution < -0.4 is 5.32 Å². The van der Waals surface area contributed by atoms with Crippen LogP contribution in [0.3, 0.4) is 0 Å². The fourth-order valence-electron chi connectivity index (χ4n) is 3.23. The van der Waals surface area contributed by atoms with Crippen molar-refractivity contribution in [2.45, 2.75) is 39.2 Å². The second-order valence-electron chi connectivity index (χ2n) is 6.58. The Labute approximate surface area is 145 Å². The van der Waals surface area contributed by atoms with Crippen LogP contribution in [0, 0.1) is 12.3 Å². The van der Waals surface area contributed by atoms with Crippen molar-refractivity contribution in [1.29, 1.82) is 0 Å². The Hall–Kier alpha value is -1.92. The molecule has 7 heteroatoms. The molecule has 1 fully saturated rings. The number of hydrogen-bond donors (Lipinski definition) is 2. The van der Waals surface area contributed by atoms with Gasteiger partial charge in [-0.2, -0.15) is 0 Å². The van der Waals surface area contributed by atoms with Crippen molar-refractivity contribution in [2.75, 3.05) is 6.61 Å². The van der Waals surface area contributed by atoms with Crippen molar-refractivity contribution in [2.24, 2.45) is 5.41 Å². The van der Waals surface area contributed by atoms with Gasteiger partial charge in [0.2, 0.25) is 5.82 Å². The van der Waals surface area contributed by atoms with Crippen LogP contribution in [0.4, 0.5) is 0 Å². The van der Waals surface area contributed by atoms with Crippen LogP contribution >= 0.6 is 11.6 Å². The number of rotatable bonds is 4. The molecule has 0 radical (unpaired) electrons. The van der Waals surface area contributed by atoms with E-state index in [0.717, 1.165) is 19.3 Å². The molecule has 3 rings (SSSR count). The summed E-state index contributed by atoms with van der Waals surface area (Å²) in [5.41, 5.74) is 0.403. The number of hydrogen-bond acceptors (Lipinski definition) is 4. The number of benzene rings is 1. The molecule has 0 saturated heterocycles. The van der Waals surface area contributed by atoms with Gasteiger partial charge in [0.15, 0.2) is 0 Å². The van der Waals surface area contributed by atoms with Gasteiger partial charge in [-0.25, -0.2) is 9.67 Å². The number of halogens is 1. The molecule has 1 aromatic heterocycles. The molecule has 2 N–H and O–H groups in total. The molecule has 2 atom stereocenters. The number of para-hydroxylation sites is 1. The molecule has 0 spiro atoms. The minimum Gasteiger partial charge on any atom is -0.396 e. The highest BCUT2D eigenvalue weighted by atomic mass is 35.5. The molecule has 6 nitrogen and oxygen atoms in total. The zero-order chi connectivity index (χ0) is 17.3. The van der Waals surface area contributed by atoms with Gasteiger partial charge in [0.05, 0.1) is 17.3 Å². The maximum absolute atomic E-state index is 12.5. The summed E-state index contributed by atoms with van der Waals surface area (Å²) >= 11 is 6.20. The lowest BCUT2D eigenvalue weighted by molar-refractivity contribution is 0.0821. The zero-order valence-corrected chi connectivity index (χ0v) is 14.5. The fraction of sp³-hybridized carbons (Fsp3) is 0.471. The zero-order valence-electron chi connectivity index (χ0n) is 13.8. The van der Waals surface area contributed by atoms with Crippen LogP contribution in [0.5, 0.6) is 0 Å². The van der Waals surface area contributed by atoms with Gasteiger partial charge in [-0.3, -0.25) is 4.79 Å². The van der Waals surface area contributed by atoms with E-state index in [2.05, 4.69) is 15.4 Å². The average molecular weight is 349 g/mol. The van der Waals surface area contributed by atoms with E-state index in [9.17, 15) is 9.90 Å². The number of aryl methyl sites for hydroxylation is 1. The van der Waals surface area contributed by atoms with E-state index in [0.29, 0.717) is 16.5 Å². The largest absolute Gasteiger partial charge is 0.396 e. The van der Waals surface area contributed by atoms with Crippen molar-refractivity contribution in [3.8, 4) is 5.69 Å². The highest BCUT2D eigenvalue weighted by Crippen LogP contribution is 2.37. The van der Waals surface area contributed by atoms with Crippen LogP contribution in [-0.2, 0) is 0 Å². The first-order valence-electron chi connectivity index (χ1n) is 8.05. The Morgan fingerprint density at radius 3 is 2.96 bits per heavy atom. The van der Waals surface area contributed by atoms with Gasteiger partial charge in [0.1, 0.15) is 5.82 Å². The van der Waals surface area contributed by atoms with E-state index in [1.165, 1.54) is 0 Å². The molecule has 24 heavy (non-hydrogen) atoms. The maximum Gasteiger partial charge on any atom is 0.291 e. The van der Waals surface area contributed by atoms with Crippen LogP contribution in [0.25, 0.3) is 5.69 Å². The van der Waals surface area contributed by atoms with E-state index in [-0.39, 0.29) is 29.8 Å². The Morgan fingerprint density at radius 1 is 1.50 bits per heavy atom. The second-order valence-corrected chi connectivity index (χ2v) is 6.98. The third-order valence-corrected chi connectivity index (χ3v) is 5.12. The smallest absolute Gasteiger partial charge is 0.291 e. The number of aliphatic hydroxyl groups is 1. The molecule has 2 unspecified atom stereocenters. The summed E-state index contributed by atoms with van der Waals surface area (Å²) in [6.07, 6.45) is 2.74. The molecule has 1 aliphatic carbocycles. The summed E-state index contributed by atoms with van der Waals surface area (Å²) in [5, 5.41) is 17.4. The number of nitrogens with one attached hydrogen (secondary N) is 1. The van der Waals surface area contributed by atoms with E-state index < -0.39 is 0 Å². The van der Waals surface area contributed by atoms with Gasteiger partial charge in [0, 0.05) is 11.5 Å². The van der Waals surface area contributed by atoms with E-state index >= 15 is 0 Å². The lowest BCUT2D eigenvalue weighted by atomic mass is 9.86. The third-order valence-electron chi connectivity index (χ3n) is 4.80. The summed E-state index contributed by atoms with van der Waals surface area (Å²) in [4.78, 5) is 16.8. The Balaban J connectivity index is 1.82. The third kappa shape index (κ3) is 3.03. The minimum absolute atomic E-state index is 0.0540. The molecule has 0 aliphatic heterocycles. The van der Waals surface area contributed by atoms with E-state index in [1.54, 1.807) is 17.7 Å². The normalized spacial score (nSPS) is 23.4. The first kappa shape index (κ1) is 16.9. The van der Waals surface area contributed by atoms with Gasteiger partial charge in [0.25, 0.3) is 5.91 Å². The van der Waals surface area contributed by atoms with Gasteiger partial charge in [-0.05, 0) is 31.9 Å². The fourth-order valence-corrected chi connectivity index (χ4v) is 3.44. The molecular formula is C17H21ClN4O2. The van der Waals surface area contributed by atoms with Crippen LogP contribution in [0.15, 0.2) is 24.3 Å². The standard InChI is InChI=1S/C17H21ClN4O2/c1-11-19-15(21-22(11)13-7-4-3-6-12(13)18)16(24)20-14-8-5-9-17(14,2)10-23/h3-4,6-7,14,23H,5,8-10H2,1-2H3,(H,20,24). The number of nitrogens with zero attached hydrogens (tertiary/aromatic N) is 3. The molecule has 0 bridgehead atoms. The Morgan fingerprint density at radius 2 is 2.25 bits per heavy atom. The number of aromatic nitrogens is 3. The van der Waals surface area contributed by atoms with Crippen molar-refractivity contribution < 1.29 is 9.90 Å². The summed E-state index contributed by atoms with van der Waals surface area (Å²) < 4.78 is 1.57. The highest BCUT2D eigenvalue weighted by Gasteiger charge is 2.39. The average Bonchev–Trinajstić information content (AvgIpc) is 3.12. The molecule has 1 saturated carbocycles. The number of aliphatic hydroxyl groups excluding tert-OH is 1. The SMILES string of the molecule is Cc1nc(C(=O)NC2CCCC2(C)CO)nn1-c1ccccc1Cl.